The lowest BCUT2D eigenvalue weighted by Crippen LogP contribution is -2.41. The minimum atomic E-state index is -4.06. The summed E-state index contributed by atoms with van der Waals surface area (Å²) in [6.07, 6.45) is 0. The van der Waals surface area contributed by atoms with Crippen LogP contribution in [-0.2, 0) is 20.0 Å². The molecule has 0 saturated heterocycles. The Morgan fingerprint density at radius 3 is 1.67 bits per heavy atom. The molecule has 0 fully saturated rings. The molecule has 0 aliphatic rings. The first kappa shape index (κ1) is 18.7. The molecule has 2 aromatic rings. The van der Waals surface area contributed by atoms with Crippen LogP contribution >= 0.6 is 11.6 Å². The van der Waals surface area contributed by atoms with E-state index in [-0.39, 0.29) is 9.79 Å². The summed E-state index contributed by atoms with van der Waals surface area (Å²) < 4.78 is 53.6. The average molecular weight is 391 g/mol. The van der Waals surface area contributed by atoms with Gasteiger partial charge in [0.25, 0.3) is 20.0 Å². The van der Waals surface area contributed by atoms with E-state index in [1.165, 1.54) is 48.5 Å². The first-order chi connectivity index (χ1) is 11.2. The third-order valence-corrected chi connectivity index (χ3v) is 5.79. The average Bonchev–Trinajstić information content (AvgIpc) is 2.55. The van der Waals surface area contributed by atoms with Gasteiger partial charge in [-0.2, -0.15) is 0 Å². The van der Waals surface area contributed by atoms with E-state index in [1.54, 1.807) is 6.92 Å². The van der Waals surface area contributed by atoms with Gasteiger partial charge in [0.1, 0.15) is 5.75 Å². The summed E-state index contributed by atoms with van der Waals surface area (Å²) in [5.41, 5.74) is 0. The minimum Gasteiger partial charge on any atom is -0.494 e. The van der Waals surface area contributed by atoms with Crippen molar-refractivity contribution in [2.24, 2.45) is 0 Å². The molecule has 0 atom stereocenters. The van der Waals surface area contributed by atoms with Gasteiger partial charge in [0.15, 0.2) is 0 Å². The Kier molecular flexibility index (Phi) is 5.83. The second kappa shape index (κ2) is 7.49. The van der Waals surface area contributed by atoms with E-state index in [2.05, 4.69) is 0 Å². The Bertz CT molecular complexity index is 895. The van der Waals surface area contributed by atoms with Gasteiger partial charge in [-0.05, 0) is 55.5 Å². The molecule has 2 rings (SSSR count). The molecule has 24 heavy (non-hydrogen) atoms. The van der Waals surface area contributed by atoms with Crippen LogP contribution in [0.25, 0.3) is 0 Å². The van der Waals surface area contributed by atoms with Crippen LogP contribution in [0.2, 0.25) is 5.02 Å². The van der Waals surface area contributed by atoms with Gasteiger partial charge in [-0.1, -0.05) is 11.6 Å². The lowest BCUT2D eigenvalue weighted by Gasteiger charge is -2.10. The van der Waals surface area contributed by atoms with Gasteiger partial charge in [-0.15, -0.1) is 9.66 Å². The maximum atomic E-state index is 12.1. The highest BCUT2D eigenvalue weighted by molar-refractivity contribution is 7.92. The SMILES string of the molecule is CCOc1ccc(S(=O)(=O)NNS(=O)(=O)c2ccc(Cl)cc2)cc1. The highest BCUT2D eigenvalue weighted by Crippen LogP contribution is 2.16. The van der Waals surface area contributed by atoms with Crippen LogP contribution in [0.15, 0.2) is 58.3 Å². The molecule has 0 bridgehead atoms. The number of nitrogens with one attached hydrogen (secondary N) is 2. The molecule has 0 radical (unpaired) electrons. The van der Waals surface area contributed by atoms with Gasteiger partial charge in [-0.3, -0.25) is 0 Å². The van der Waals surface area contributed by atoms with Gasteiger partial charge < -0.3 is 4.74 Å². The summed E-state index contributed by atoms with van der Waals surface area (Å²) in [4.78, 5) is 3.44. The quantitative estimate of drug-likeness (QED) is 0.703. The van der Waals surface area contributed by atoms with Crippen molar-refractivity contribution in [1.82, 2.24) is 9.66 Å². The Balaban J connectivity index is 2.13. The molecule has 130 valence electrons. The number of ether oxygens (including phenoxy) is 1. The maximum Gasteiger partial charge on any atom is 0.254 e. The van der Waals surface area contributed by atoms with E-state index in [0.717, 1.165) is 0 Å². The van der Waals surface area contributed by atoms with Crippen molar-refractivity contribution in [3.8, 4) is 5.75 Å². The second-order valence-corrected chi connectivity index (χ2v) is 8.37. The van der Waals surface area contributed by atoms with Crippen molar-refractivity contribution in [2.45, 2.75) is 16.7 Å². The van der Waals surface area contributed by atoms with Crippen LogP contribution in [0.1, 0.15) is 6.92 Å². The van der Waals surface area contributed by atoms with Gasteiger partial charge >= 0.3 is 0 Å². The lowest BCUT2D eigenvalue weighted by atomic mass is 10.3. The molecule has 0 saturated carbocycles. The second-order valence-electron chi connectivity index (χ2n) is 4.57. The summed E-state index contributed by atoms with van der Waals surface area (Å²) in [6, 6.07) is 10.9. The molecule has 0 aromatic heterocycles. The minimum absolute atomic E-state index is 0.107. The summed E-state index contributed by atoms with van der Waals surface area (Å²) >= 11 is 5.69. The standard InChI is InChI=1S/C14H15ClN2O5S2/c1-2-22-12-5-9-14(10-6-12)24(20,21)17-16-23(18,19)13-7-3-11(15)4-8-13/h3-10,16-17H,2H2,1H3. The number of sulfonamides is 2. The predicted molar refractivity (Wildman–Crippen MR) is 89.7 cm³/mol. The Labute approximate surface area is 145 Å². The molecule has 2 aromatic carbocycles. The van der Waals surface area contributed by atoms with Crippen molar-refractivity contribution in [1.29, 1.82) is 0 Å². The summed E-state index contributed by atoms with van der Waals surface area (Å²) in [7, 11) is -8.12. The van der Waals surface area contributed by atoms with Gasteiger partial charge in [0.05, 0.1) is 16.4 Å². The molecule has 10 heteroatoms. The maximum absolute atomic E-state index is 12.1. The van der Waals surface area contributed by atoms with Crippen LogP contribution in [0.5, 0.6) is 5.75 Å². The van der Waals surface area contributed by atoms with Crippen molar-refractivity contribution < 1.29 is 21.6 Å². The molecule has 0 heterocycles. The molecular weight excluding hydrogens is 376 g/mol. The fourth-order valence-corrected chi connectivity index (χ4v) is 3.95. The van der Waals surface area contributed by atoms with E-state index in [0.29, 0.717) is 17.4 Å². The monoisotopic (exact) mass is 390 g/mol. The van der Waals surface area contributed by atoms with Crippen LogP contribution < -0.4 is 14.4 Å². The molecule has 0 amide bonds. The number of benzene rings is 2. The van der Waals surface area contributed by atoms with Crippen LogP contribution in [0, 0.1) is 0 Å². The van der Waals surface area contributed by atoms with Crippen LogP contribution in [0.4, 0.5) is 0 Å². The summed E-state index contributed by atoms with van der Waals surface area (Å²) in [6.45, 7) is 2.25. The summed E-state index contributed by atoms with van der Waals surface area (Å²) in [5.74, 6) is 0.512. The Morgan fingerprint density at radius 1 is 0.833 bits per heavy atom. The topological polar surface area (TPSA) is 102 Å². The number of hydrazine groups is 1. The van der Waals surface area contributed by atoms with E-state index in [1.807, 2.05) is 9.66 Å². The molecule has 7 nitrogen and oxygen atoms in total. The fourth-order valence-electron chi connectivity index (χ4n) is 1.72. The molecule has 0 spiro atoms. The third kappa shape index (κ3) is 4.68. The van der Waals surface area contributed by atoms with Crippen molar-refractivity contribution >= 4 is 31.6 Å². The molecule has 0 aliphatic carbocycles. The van der Waals surface area contributed by atoms with Crippen molar-refractivity contribution in [2.75, 3.05) is 6.61 Å². The smallest absolute Gasteiger partial charge is 0.254 e. The predicted octanol–water partition coefficient (Wildman–Crippen LogP) is 1.91. The largest absolute Gasteiger partial charge is 0.494 e. The van der Waals surface area contributed by atoms with Crippen LogP contribution in [0.3, 0.4) is 0 Å². The molecule has 0 unspecified atom stereocenters. The van der Waals surface area contributed by atoms with E-state index < -0.39 is 20.0 Å². The highest BCUT2D eigenvalue weighted by Gasteiger charge is 2.19. The zero-order valence-corrected chi connectivity index (χ0v) is 15.0. The number of halogens is 1. The van der Waals surface area contributed by atoms with Gasteiger partial charge in [0, 0.05) is 5.02 Å². The van der Waals surface area contributed by atoms with E-state index in [4.69, 9.17) is 16.3 Å². The van der Waals surface area contributed by atoms with E-state index >= 15 is 0 Å². The number of hydrogen-bond acceptors (Lipinski definition) is 5. The molecule has 2 N–H and O–H groups in total. The van der Waals surface area contributed by atoms with Crippen molar-refractivity contribution in [3.63, 3.8) is 0 Å². The number of rotatable bonds is 7. The highest BCUT2D eigenvalue weighted by atomic mass is 35.5. The molecular formula is C14H15ClN2O5S2. The fraction of sp³-hybridized carbons (Fsp3) is 0.143. The Morgan fingerprint density at radius 2 is 1.25 bits per heavy atom. The Hall–Kier alpha value is -1.65. The third-order valence-electron chi connectivity index (χ3n) is 2.88. The summed E-state index contributed by atoms with van der Waals surface area (Å²) in [5, 5.41) is 0.365. The first-order valence-corrected chi connectivity index (χ1v) is 10.1. The van der Waals surface area contributed by atoms with Gasteiger partial charge in [-0.25, -0.2) is 16.8 Å². The zero-order valence-electron chi connectivity index (χ0n) is 12.6. The van der Waals surface area contributed by atoms with Crippen LogP contribution in [-0.4, -0.2) is 23.4 Å². The van der Waals surface area contributed by atoms with E-state index in [9.17, 15) is 16.8 Å². The number of hydrogen-bond donors (Lipinski definition) is 2. The van der Waals surface area contributed by atoms with Crippen molar-refractivity contribution in [3.05, 3.63) is 53.6 Å². The first-order valence-electron chi connectivity index (χ1n) is 6.76. The lowest BCUT2D eigenvalue weighted by molar-refractivity contribution is 0.340. The normalized spacial score (nSPS) is 12.1. The van der Waals surface area contributed by atoms with Gasteiger partial charge in [0.2, 0.25) is 0 Å². The zero-order chi connectivity index (χ0) is 17.8. The molecule has 0 aliphatic heterocycles.